The van der Waals surface area contributed by atoms with E-state index in [0.717, 1.165) is 0 Å². The van der Waals surface area contributed by atoms with Gasteiger partial charge in [0.05, 0.1) is 0 Å². The first-order chi connectivity index (χ1) is 8.62. The molecule has 0 aliphatic rings. The summed E-state index contributed by atoms with van der Waals surface area (Å²) in [5, 5.41) is 2.92. The Labute approximate surface area is 115 Å². The van der Waals surface area contributed by atoms with Crippen LogP contribution < -0.4 is 5.32 Å². The molecule has 3 heteroatoms. The fourth-order valence-corrected chi connectivity index (χ4v) is 1.68. The van der Waals surface area contributed by atoms with Crippen molar-refractivity contribution in [3.8, 4) is 0 Å². The number of nitrogens with one attached hydrogen (secondary N) is 1. The Bertz CT molecular complexity index is 455. The van der Waals surface area contributed by atoms with Crippen molar-refractivity contribution in [3.05, 3.63) is 35.9 Å². The van der Waals surface area contributed by atoms with E-state index >= 15 is 0 Å². The molecule has 19 heavy (non-hydrogen) atoms. The topological polar surface area (TPSA) is 46.2 Å². The van der Waals surface area contributed by atoms with E-state index in [0.29, 0.717) is 12.0 Å². The Hall–Kier alpha value is -1.64. The first kappa shape index (κ1) is 15.4. The van der Waals surface area contributed by atoms with Crippen LogP contribution >= 0.6 is 0 Å². The van der Waals surface area contributed by atoms with Crippen molar-refractivity contribution >= 4 is 11.7 Å². The number of ketones is 1. The summed E-state index contributed by atoms with van der Waals surface area (Å²) in [5.74, 6) is -0.00169. The Balaban J connectivity index is 2.70. The fraction of sp³-hybridized carbons (Fsp3) is 0.500. The van der Waals surface area contributed by atoms with Crippen LogP contribution in [0.1, 0.15) is 51.4 Å². The van der Waals surface area contributed by atoms with Gasteiger partial charge in [0.25, 0.3) is 5.91 Å². The van der Waals surface area contributed by atoms with E-state index in [2.05, 4.69) is 5.32 Å². The van der Waals surface area contributed by atoms with Crippen LogP contribution in [-0.4, -0.2) is 17.2 Å². The van der Waals surface area contributed by atoms with E-state index in [-0.39, 0.29) is 17.1 Å². The third kappa shape index (κ3) is 4.86. The van der Waals surface area contributed by atoms with Crippen molar-refractivity contribution in [3.63, 3.8) is 0 Å². The summed E-state index contributed by atoms with van der Waals surface area (Å²) in [6, 6.07) is 9.03. The van der Waals surface area contributed by atoms with Gasteiger partial charge >= 0.3 is 0 Å². The number of rotatable bonds is 4. The van der Waals surface area contributed by atoms with E-state index < -0.39 is 5.54 Å². The van der Waals surface area contributed by atoms with Crippen LogP contribution in [0.2, 0.25) is 0 Å². The molecular formula is C16H23NO2. The second-order valence-electron chi connectivity index (χ2n) is 6.55. The molecule has 0 saturated heterocycles. The lowest BCUT2D eigenvalue weighted by atomic mass is 9.83. The predicted molar refractivity (Wildman–Crippen MR) is 77.1 cm³/mol. The largest absolute Gasteiger partial charge is 0.347 e. The van der Waals surface area contributed by atoms with Crippen molar-refractivity contribution < 1.29 is 9.59 Å². The number of carbonyl (C=O) groups excluding carboxylic acids is 2. The van der Waals surface area contributed by atoms with Crippen molar-refractivity contribution in [2.24, 2.45) is 5.41 Å². The quantitative estimate of drug-likeness (QED) is 0.904. The number of amides is 1. The Kier molecular flexibility index (Phi) is 4.51. The molecule has 0 bridgehead atoms. The second-order valence-corrected chi connectivity index (χ2v) is 6.55. The number of Topliss-reactive ketones (excluding diaryl/α,β-unsaturated/α-hetero) is 1. The zero-order valence-electron chi connectivity index (χ0n) is 12.4. The highest BCUT2D eigenvalue weighted by Gasteiger charge is 2.30. The molecule has 0 atom stereocenters. The Morgan fingerprint density at radius 1 is 1.00 bits per heavy atom. The molecule has 0 aliphatic carbocycles. The predicted octanol–water partition coefficient (Wildman–Crippen LogP) is 3.20. The van der Waals surface area contributed by atoms with Gasteiger partial charge in [0.1, 0.15) is 5.78 Å². The van der Waals surface area contributed by atoms with E-state index in [1.54, 1.807) is 12.1 Å². The molecule has 0 unspecified atom stereocenters. The maximum Gasteiger partial charge on any atom is 0.251 e. The van der Waals surface area contributed by atoms with Gasteiger partial charge in [0.2, 0.25) is 0 Å². The maximum atomic E-state index is 12.1. The first-order valence-corrected chi connectivity index (χ1v) is 6.53. The normalized spacial score (nSPS) is 12.1. The van der Waals surface area contributed by atoms with Crippen LogP contribution in [0.5, 0.6) is 0 Å². The molecule has 0 aromatic heterocycles. The molecule has 1 aromatic carbocycles. The SMILES string of the molecule is CC(C)(CC(=O)C(C)(C)C)NC(=O)c1ccccc1. The smallest absolute Gasteiger partial charge is 0.251 e. The molecule has 0 heterocycles. The van der Waals surface area contributed by atoms with Gasteiger partial charge < -0.3 is 5.32 Å². The van der Waals surface area contributed by atoms with Crippen molar-refractivity contribution in [2.75, 3.05) is 0 Å². The van der Waals surface area contributed by atoms with Crippen molar-refractivity contribution in [2.45, 2.75) is 46.6 Å². The van der Waals surface area contributed by atoms with Crippen LogP contribution in [0.15, 0.2) is 30.3 Å². The van der Waals surface area contributed by atoms with Gasteiger partial charge in [-0.15, -0.1) is 0 Å². The van der Waals surface area contributed by atoms with E-state index in [1.807, 2.05) is 52.8 Å². The number of hydrogen-bond acceptors (Lipinski definition) is 2. The summed E-state index contributed by atoms with van der Waals surface area (Å²) in [7, 11) is 0. The third-order valence-corrected chi connectivity index (χ3v) is 2.93. The van der Waals surface area contributed by atoms with Gasteiger partial charge in [-0.1, -0.05) is 39.0 Å². The molecule has 1 amide bonds. The second kappa shape index (κ2) is 5.55. The lowest BCUT2D eigenvalue weighted by Crippen LogP contribution is -2.46. The summed E-state index contributed by atoms with van der Waals surface area (Å²) < 4.78 is 0. The molecule has 1 aromatic rings. The van der Waals surface area contributed by atoms with E-state index in [9.17, 15) is 9.59 Å². The summed E-state index contributed by atoms with van der Waals surface area (Å²) in [4.78, 5) is 24.1. The fourth-order valence-electron chi connectivity index (χ4n) is 1.68. The highest BCUT2D eigenvalue weighted by molar-refractivity contribution is 5.95. The molecule has 1 N–H and O–H groups in total. The Morgan fingerprint density at radius 3 is 2.00 bits per heavy atom. The molecule has 0 radical (unpaired) electrons. The molecule has 0 aliphatic heterocycles. The van der Waals surface area contributed by atoms with Gasteiger partial charge in [0, 0.05) is 22.9 Å². The minimum Gasteiger partial charge on any atom is -0.347 e. The van der Waals surface area contributed by atoms with Crippen molar-refractivity contribution in [1.82, 2.24) is 5.32 Å². The summed E-state index contributed by atoms with van der Waals surface area (Å²) in [6.07, 6.45) is 0.328. The molecule has 104 valence electrons. The molecule has 0 fully saturated rings. The van der Waals surface area contributed by atoms with Crippen molar-refractivity contribution in [1.29, 1.82) is 0 Å². The maximum absolute atomic E-state index is 12.1. The minimum atomic E-state index is -0.544. The zero-order valence-corrected chi connectivity index (χ0v) is 12.4. The number of hydrogen-bond donors (Lipinski definition) is 1. The van der Waals surface area contributed by atoms with Gasteiger partial charge in [-0.25, -0.2) is 0 Å². The molecule has 3 nitrogen and oxygen atoms in total. The van der Waals surface area contributed by atoms with Gasteiger partial charge in [-0.3, -0.25) is 9.59 Å². The monoisotopic (exact) mass is 261 g/mol. The van der Waals surface area contributed by atoms with Crippen LogP contribution in [-0.2, 0) is 4.79 Å². The van der Waals surface area contributed by atoms with Gasteiger partial charge in [-0.05, 0) is 26.0 Å². The third-order valence-electron chi connectivity index (χ3n) is 2.93. The first-order valence-electron chi connectivity index (χ1n) is 6.53. The molecular weight excluding hydrogens is 238 g/mol. The average molecular weight is 261 g/mol. The van der Waals surface area contributed by atoms with Crippen LogP contribution in [0, 0.1) is 5.41 Å². The van der Waals surface area contributed by atoms with Gasteiger partial charge in [0.15, 0.2) is 0 Å². The van der Waals surface area contributed by atoms with Gasteiger partial charge in [-0.2, -0.15) is 0 Å². The van der Waals surface area contributed by atoms with E-state index in [1.165, 1.54) is 0 Å². The summed E-state index contributed by atoms with van der Waals surface area (Å²) in [5.41, 5.74) is -0.315. The number of benzene rings is 1. The highest BCUT2D eigenvalue weighted by atomic mass is 16.2. The highest BCUT2D eigenvalue weighted by Crippen LogP contribution is 2.22. The molecule has 0 spiro atoms. The van der Waals surface area contributed by atoms with Crippen LogP contribution in [0.4, 0.5) is 0 Å². The molecule has 0 saturated carbocycles. The van der Waals surface area contributed by atoms with Crippen LogP contribution in [0.3, 0.4) is 0 Å². The zero-order chi connectivity index (χ0) is 14.7. The average Bonchev–Trinajstić information content (AvgIpc) is 2.27. The summed E-state index contributed by atoms with van der Waals surface area (Å²) >= 11 is 0. The minimum absolute atomic E-state index is 0.144. The summed E-state index contributed by atoms with van der Waals surface area (Å²) in [6.45, 7) is 9.42. The van der Waals surface area contributed by atoms with Crippen LogP contribution in [0.25, 0.3) is 0 Å². The standard InChI is InChI=1S/C16H23NO2/c1-15(2,3)13(18)11-16(4,5)17-14(19)12-9-7-6-8-10-12/h6-10H,11H2,1-5H3,(H,17,19). The molecule has 1 rings (SSSR count). The number of carbonyl (C=O) groups is 2. The lowest BCUT2D eigenvalue weighted by Gasteiger charge is -2.29. The van der Waals surface area contributed by atoms with E-state index in [4.69, 9.17) is 0 Å². The Morgan fingerprint density at radius 2 is 1.53 bits per heavy atom. The lowest BCUT2D eigenvalue weighted by molar-refractivity contribution is -0.127.